The van der Waals surface area contributed by atoms with Crippen LogP contribution >= 0.6 is 11.6 Å². The molecule has 0 spiro atoms. The highest BCUT2D eigenvalue weighted by atomic mass is 35.5. The second-order valence-electron chi connectivity index (χ2n) is 6.98. The molecule has 0 aliphatic carbocycles. The van der Waals surface area contributed by atoms with Gasteiger partial charge in [-0.2, -0.15) is 0 Å². The number of halogens is 3. The van der Waals surface area contributed by atoms with Crippen LogP contribution in [0.3, 0.4) is 0 Å². The highest BCUT2D eigenvalue weighted by molar-refractivity contribution is 6.31. The lowest BCUT2D eigenvalue weighted by Crippen LogP contribution is -2.66. The summed E-state index contributed by atoms with van der Waals surface area (Å²) in [7, 11) is 0. The summed E-state index contributed by atoms with van der Waals surface area (Å²) >= 11 is 6.25. The number of primary amides is 1. The monoisotopic (exact) mass is 394 g/mol. The van der Waals surface area contributed by atoms with Crippen molar-refractivity contribution in [3.63, 3.8) is 0 Å². The summed E-state index contributed by atoms with van der Waals surface area (Å²) < 4.78 is 27.7. The number of pyridine rings is 1. The minimum absolute atomic E-state index is 0.272. The van der Waals surface area contributed by atoms with Crippen LogP contribution in [0.5, 0.6) is 0 Å². The number of nitrogens with zero attached hydrogens (tertiary/aromatic N) is 3. The standard InChI is InChI=1S/C19H21ClF2N4O/c1-12(14-4-3-13(21)9-15(14)20)19(2)11-25(7-8-26(19)18(23)27)17-5-6-24-10-16(17)22/h3-6,9-10,12H,7-8,11H2,1-2H3,(H2,23,27)/t12-,19?/m1/s1. The van der Waals surface area contributed by atoms with E-state index in [1.807, 2.05) is 18.7 Å². The van der Waals surface area contributed by atoms with Crippen LogP contribution in [0.2, 0.25) is 5.02 Å². The molecule has 1 aromatic carbocycles. The lowest BCUT2D eigenvalue weighted by molar-refractivity contribution is 0.0997. The molecule has 2 amide bonds. The number of urea groups is 1. The molecule has 1 unspecified atom stereocenters. The molecule has 0 radical (unpaired) electrons. The van der Waals surface area contributed by atoms with E-state index in [1.54, 1.807) is 17.0 Å². The fourth-order valence-electron chi connectivity index (χ4n) is 3.78. The molecule has 2 N–H and O–H groups in total. The maximum absolute atomic E-state index is 14.2. The number of nitrogens with two attached hydrogens (primary N) is 1. The van der Waals surface area contributed by atoms with Gasteiger partial charge in [-0.05, 0) is 30.7 Å². The van der Waals surface area contributed by atoms with E-state index < -0.39 is 23.2 Å². The van der Waals surface area contributed by atoms with E-state index >= 15 is 0 Å². The third kappa shape index (κ3) is 3.56. The third-order valence-electron chi connectivity index (χ3n) is 5.44. The van der Waals surface area contributed by atoms with E-state index in [0.29, 0.717) is 30.9 Å². The van der Waals surface area contributed by atoms with Crippen LogP contribution in [0.1, 0.15) is 25.3 Å². The maximum atomic E-state index is 14.2. The molecule has 8 heteroatoms. The molecule has 27 heavy (non-hydrogen) atoms. The Morgan fingerprint density at radius 3 is 2.70 bits per heavy atom. The van der Waals surface area contributed by atoms with Crippen molar-refractivity contribution in [2.24, 2.45) is 5.73 Å². The molecular formula is C19H21ClF2N4O. The summed E-state index contributed by atoms with van der Waals surface area (Å²) in [5.41, 5.74) is 5.96. The lowest BCUT2D eigenvalue weighted by atomic mass is 9.78. The van der Waals surface area contributed by atoms with Crippen molar-refractivity contribution in [1.29, 1.82) is 0 Å². The first kappa shape index (κ1) is 19.4. The van der Waals surface area contributed by atoms with E-state index in [0.717, 1.165) is 6.20 Å². The average molecular weight is 395 g/mol. The second kappa shape index (κ2) is 7.31. The Labute approximate surface area is 161 Å². The van der Waals surface area contributed by atoms with Crippen LogP contribution in [0, 0.1) is 11.6 Å². The number of carbonyl (C=O) groups is 1. The minimum Gasteiger partial charge on any atom is -0.365 e. The van der Waals surface area contributed by atoms with Crippen molar-refractivity contribution >= 4 is 23.3 Å². The van der Waals surface area contributed by atoms with Crippen molar-refractivity contribution in [2.75, 3.05) is 24.5 Å². The van der Waals surface area contributed by atoms with Gasteiger partial charge >= 0.3 is 6.03 Å². The quantitative estimate of drug-likeness (QED) is 0.861. The summed E-state index contributed by atoms with van der Waals surface area (Å²) in [6.45, 7) is 4.89. The molecule has 1 aliphatic heterocycles. The highest BCUT2D eigenvalue weighted by Gasteiger charge is 2.45. The molecule has 3 rings (SSSR count). The van der Waals surface area contributed by atoms with Gasteiger partial charge in [0.05, 0.1) is 17.4 Å². The van der Waals surface area contributed by atoms with Gasteiger partial charge in [0.2, 0.25) is 0 Å². The Morgan fingerprint density at radius 2 is 2.07 bits per heavy atom. The number of benzene rings is 1. The third-order valence-corrected chi connectivity index (χ3v) is 5.77. The summed E-state index contributed by atoms with van der Waals surface area (Å²) in [6, 6.07) is 5.23. The van der Waals surface area contributed by atoms with E-state index in [2.05, 4.69) is 4.98 Å². The molecule has 0 saturated carbocycles. The SMILES string of the molecule is C[C@H](c1ccc(F)cc1Cl)C1(C)CN(c2ccncc2F)CCN1C(N)=O. The van der Waals surface area contributed by atoms with Crippen LogP contribution < -0.4 is 10.6 Å². The van der Waals surface area contributed by atoms with Crippen molar-refractivity contribution in [1.82, 2.24) is 9.88 Å². The molecular weight excluding hydrogens is 374 g/mol. The fourth-order valence-corrected chi connectivity index (χ4v) is 4.11. The molecule has 1 aliphatic rings. The molecule has 2 atom stereocenters. The number of amides is 2. The summed E-state index contributed by atoms with van der Waals surface area (Å²) in [5.74, 6) is -1.14. The van der Waals surface area contributed by atoms with Crippen molar-refractivity contribution in [3.8, 4) is 0 Å². The maximum Gasteiger partial charge on any atom is 0.315 e. The normalized spacial score (nSPS) is 21.2. The number of piperazine rings is 1. The van der Waals surface area contributed by atoms with Gasteiger partial charge in [-0.25, -0.2) is 13.6 Å². The minimum atomic E-state index is -0.777. The Balaban J connectivity index is 2.00. The van der Waals surface area contributed by atoms with Gasteiger partial charge in [-0.3, -0.25) is 4.98 Å². The summed E-state index contributed by atoms with van der Waals surface area (Å²) in [6.07, 6.45) is 2.68. The number of rotatable bonds is 3. The first-order valence-corrected chi connectivity index (χ1v) is 8.98. The van der Waals surface area contributed by atoms with E-state index in [1.165, 1.54) is 18.3 Å². The average Bonchev–Trinajstić information content (AvgIpc) is 2.61. The summed E-state index contributed by atoms with van der Waals surface area (Å²) in [5, 5.41) is 0.278. The van der Waals surface area contributed by atoms with Crippen LogP contribution in [-0.2, 0) is 0 Å². The fraction of sp³-hybridized carbons (Fsp3) is 0.368. The van der Waals surface area contributed by atoms with Crippen LogP contribution in [-0.4, -0.2) is 41.1 Å². The zero-order valence-corrected chi connectivity index (χ0v) is 15.9. The predicted octanol–water partition coefficient (Wildman–Crippen LogP) is 3.78. The van der Waals surface area contributed by atoms with E-state index in [9.17, 15) is 13.6 Å². The number of hydrogen-bond acceptors (Lipinski definition) is 3. The lowest BCUT2D eigenvalue weighted by Gasteiger charge is -2.52. The Morgan fingerprint density at radius 1 is 1.33 bits per heavy atom. The van der Waals surface area contributed by atoms with Gasteiger partial charge in [0.1, 0.15) is 5.82 Å². The molecule has 5 nitrogen and oxygen atoms in total. The van der Waals surface area contributed by atoms with Crippen molar-refractivity contribution in [2.45, 2.75) is 25.3 Å². The zero-order valence-electron chi connectivity index (χ0n) is 15.1. The van der Waals surface area contributed by atoms with Gasteiger partial charge < -0.3 is 15.5 Å². The molecule has 1 fully saturated rings. The molecule has 2 aromatic rings. The van der Waals surface area contributed by atoms with Gasteiger partial charge in [-0.1, -0.05) is 24.6 Å². The number of aromatic nitrogens is 1. The number of anilines is 1. The number of hydrogen-bond donors (Lipinski definition) is 1. The van der Waals surface area contributed by atoms with Crippen LogP contribution in [0.25, 0.3) is 0 Å². The first-order chi connectivity index (χ1) is 12.7. The van der Waals surface area contributed by atoms with Crippen LogP contribution in [0.15, 0.2) is 36.7 Å². The number of carbonyl (C=O) groups excluding carboxylic acids is 1. The van der Waals surface area contributed by atoms with Gasteiger partial charge in [-0.15, -0.1) is 0 Å². The molecule has 1 saturated heterocycles. The van der Waals surface area contributed by atoms with Gasteiger partial charge in [0, 0.05) is 36.8 Å². The van der Waals surface area contributed by atoms with E-state index in [4.69, 9.17) is 17.3 Å². The topological polar surface area (TPSA) is 62.5 Å². The smallest absolute Gasteiger partial charge is 0.315 e. The molecule has 1 aromatic heterocycles. The van der Waals surface area contributed by atoms with E-state index in [-0.39, 0.29) is 10.9 Å². The summed E-state index contributed by atoms with van der Waals surface area (Å²) in [4.78, 5) is 19.3. The zero-order chi connectivity index (χ0) is 19.8. The molecule has 144 valence electrons. The highest BCUT2D eigenvalue weighted by Crippen LogP contribution is 2.40. The van der Waals surface area contributed by atoms with Gasteiger partial charge in [0.15, 0.2) is 5.82 Å². The Hall–Kier alpha value is -2.41. The van der Waals surface area contributed by atoms with Crippen molar-refractivity contribution in [3.05, 3.63) is 58.9 Å². The largest absolute Gasteiger partial charge is 0.365 e. The molecule has 0 bridgehead atoms. The second-order valence-corrected chi connectivity index (χ2v) is 7.39. The first-order valence-electron chi connectivity index (χ1n) is 8.60. The van der Waals surface area contributed by atoms with Crippen LogP contribution in [0.4, 0.5) is 19.3 Å². The predicted molar refractivity (Wildman–Crippen MR) is 101 cm³/mol. The Bertz CT molecular complexity index is 865. The molecule has 2 heterocycles. The van der Waals surface area contributed by atoms with Crippen molar-refractivity contribution < 1.29 is 13.6 Å². The Kier molecular flexibility index (Phi) is 5.24. The van der Waals surface area contributed by atoms with Gasteiger partial charge in [0.25, 0.3) is 0 Å².